The van der Waals surface area contributed by atoms with Gasteiger partial charge in [0.25, 0.3) is 0 Å². The van der Waals surface area contributed by atoms with Crippen LogP contribution in [0, 0.1) is 13.8 Å². The molecule has 0 fully saturated rings. The summed E-state index contributed by atoms with van der Waals surface area (Å²) in [5.74, 6) is 1.65. The van der Waals surface area contributed by atoms with Crippen molar-refractivity contribution in [3.63, 3.8) is 0 Å². The van der Waals surface area contributed by atoms with E-state index in [9.17, 15) is 4.79 Å². The molecular weight excluding hydrogens is 318 g/mol. The summed E-state index contributed by atoms with van der Waals surface area (Å²) >= 11 is 0. The van der Waals surface area contributed by atoms with Crippen molar-refractivity contribution < 1.29 is 19.0 Å². The van der Waals surface area contributed by atoms with Crippen molar-refractivity contribution in [2.75, 3.05) is 21.3 Å². The predicted molar refractivity (Wildman–Crippen MR) is 97.6 cm³/mol. The van der Waals surface area contributed by atoms with E-state index in [4.69, 9.17) is 14.2 Å². The Labute approximate surface area is 148 Å². The Bertz CT molecular complexity index is 730. The van der Waals surface area contributed by atoms with Crippen LogP contribution in [0.1, 0.15) is 22.3 Å². The summed E-state index contributed by atoms with van der Waals surface area (Å²) < 4.78 is 16.0. The number of ether oxygens (including phenoxy) is 3. The van der Waals surface area contributed by atoms with Gasteiger partial charge in [0.15, 0.2) is 11.5 Å². The smallest absolute Gasteiger partial charge is 0.224 e. The molecule has 0 bridgehead atoms. The first-order chi connectivity index (χ1) is 12.0. The van der Waals surface area contributed by atoms with Crippen LogP contribution < -0.4 is 19.5 Å². The fraction of sp³-hybridized carbons (Fsp3) is 0.350. The minimum absolute atomic E-state index is 0.0271. The minimum atomic E-state index is -0.0271. The summed E-state index contributed by atoms with van der Waals surface area (Å²) in [6.45, 7) is 4.45. The number of carbonyl (C=O) groups excluding carboxylic acids is 1. The standard InChI is InChI=1S/C20H25NO4/c1-13-6-7-16(14(2)8-13)11-19(22)21-12-15-9-17(23-3)20(25-5)18(10-15)24-4/h6-10H,11-12H2,1-5H3,(H,21,22). The fourth-order valence-electron chi connectivity index (χ4n) is 2.72. The quantitative estimate of drug-likeness (QED) is 0.839. The monoisotopic (exact) mass is 343 g/mol. The first-order valence-electron chi connectivity index (χ1n) is 8.10. The van der Waals surface area contributed by atoms with Gasteiger partial charge in [-0.25, -0.2) is 0 Å². The predicted octanol–water partition coefficient (Wildman–Crippen LogP) is 3.19. The van der Waals surface area contributed by atoms with Gasteiger partial charge >= 0.3 is 0 Å². The maximum absolute atomic E-state index is 12.3. The Morgan fingerprint density at radius 2 is 1.60 bits per heavy atom. The van der Waals surface area contributed by atoms with Gasteiger partial charge in [-0.1, -0.05) is 23.8 Å². The molecule has 2 rings (SSSR count). The molecular formula is C20H25NO4. The molecule has 0 heterocycles. The Morgan fingerprint density at radius 3 is 2.12 bits per heavy atom. The molecule has 1 N–H and O–H groups in total. The van der Waals surface area contributed by atoms with Gasteiger partial charge in [-0.3, -0.25) is 4.79 Å². The van der Waals surface area contributed by atoms with Gasteiger partial charge in [-0.15, -0.1) is 0 Å². The molecule has 0 aromatic heterocycles. The molecule has 0 spiro atoms. The number of hydrogen-bond donors (Lipinski definition) is 1. The van der Waals surface area contributed by atoms with Gasteiger partial charge in [-0.2, -0.15) is 0 Å². The second kappa shape index (κ2) is 8.42. The maximum atomic E-state index is 12.3. The molecule has 2 aromatic carbocycles. The van der Waals surface area contributed by atoms with E-state index in [0.717, 1.165) is 16.7 Å². The molecule has 0 radical (unpaired) electrons. The summed E-state index contributed by atoms with van der Waals surface area (Å²) in [7, 11) is 4.70. The summed E-state index contributed by atoms with van der Waals surface area (Å²) in [6, 6.07) is 9.78. The van der Waals surface area contributed by atoms with Gasteiger partial charge in [0.1, 0.15) is 0 Å². The van der Waals surface area contributed by atoms with Crippen LogP contribution in [-0.2, 0) is 17.8 Å². The van der Waals surface area contributed by atoms with Crippen molar-refractivity contribution >= 4 is 5.91 Å². The van der Waals surface area contributed by atoms with Gasteiger partial charge < -0.3 is 19.5 Å². The number of benzene rings is 2. The molecule has 0 aliphatic carbocycles. The first-order valence-corrected chi connectivity index (χ1v) is 8.10. The molecule has 0 unspecified atom stereocenters. The SMILES string of the molecule is COc1cc(CNC(=O)Cc2ccc(C)cc2C)cc(OC)c1OC. The van der Waals surface area contributed by atoms with E-state index in [2.05, 4.69) is 11.4 Å². The Hall–Kier alpha value is -2.69. The highest BCUT2D eigenvalue weighted by Gasteiger charge is 2.14. The molecule has 0 atom stereocenters. The number of hydrogen-bond acceptors (Lipinski definition) is 4. The van der Waals surface area contributed by atoms with E-state index < -0.39 is 0 Å². The molecule has 25 heavy (non-hydrogen) atoms. The van der Waals surface area contributed by atoms with E-state index in [1.54, 1.807) is 21.3 Å². The highest BCUT2D eigenvalue weighted by molar-refractivity contribution is 5.79. The second-order valence-corrected chi connectivity index (χ2v) is 5.92. The van der Waals surface area contributed by atoms with Crippen LogP contribution >= 0.6 is 0 Å². The second-order valence-electron chi connectivity index (χ2n) is 5.92. The third kappa shape index (κ3) is 4.66. The molecule has 0 saturated heterocycles. The van der Waals surface area contributed by atoms with Gasteiger partial charge in [0, 0.05) is 6.54 Å². The van der Waals surface area contributed by atoms with Crippen LogP contribution in [0.25, 0.3) is 0 Å². The van der Waals surface area contributed by atoms with Gasteiger partial charge in [0.2, 0.25) is 11.7 Å². The summed E-state index contributed by atoms with van der Waals surface area (Å²) in [5.41, 5.74) is 4.23. The van der Waals surface area contributed by atoms with E-state index >= 15 is 0 Å². The number of aryl methyl sites for hydroxylation is 2. The molecule has 5 nitrogen and oxygen atoms in total. The molecule has 134 valence electrons. The molecule has 2 aromatic rings. The van der Waals surface area contributed by atoms with E-state index in [0.29, 0.717) is 30.2 Å². The van der Waals surface area contributed by atoms with Crippen LogP contribution in [0.15, 0.2) is 30.3 Å². The van der Waals surface area contributed by atoms with E-state index in [1.807, 2.05) is 38.1 Å². The van der Waals surface area contributed by atoms with Crippen molar-refractivity contribution in [2.24, 2.45) is 0 Å². The summed E-state index contributed by atoms with van der Waals surface area (Å²) in [5, 5.41) is 2.94. The average Bonchev–Trinajstić information content (AvgIpc) is 2.61. The third-order valence-corrected chi connectivity index (χ3v) is 4.06. The van der Waals surface area contributed by atoms with Crippen molar-refractivity contribution in [1.82, 2.24) is 5.32 Å². The zero-order chi connectivity index (χ0) is 18.4. The largest absolute Gasteiger partial charge is 0.493 e. The Kier molecular flexibility index (Phi) is 6.28. The van der Waals surface area contributed by atoms with Crippen LogP contribution in [-0.4, -0.2) is 27.2 Å². The topological polar surface area (TPSA) is 56.8 Å². The van der Waals surface area contributed by atoms with Crippen LogP contribution in [0.5, 0.6) is 17.2 Å². The lowest BCUT2D eigenvalue weighted by Gasteiger charge is -2.14. The average molecular weight is 343 g/mol. The van der Waals surface area contributed by atoms with Gasteiger partial charge in [-0.05, 0) is 42.7 Å². The number of amides is 1. The molecule has 0 saturated carbocycles. The zero-order valence-corrected chi connectivity index (χ0v) is 15.4. The lowest BCUT2D eigenvalue weighted by molar-refractivity contribution is -0.120. The van der Waals surface area contributed by atoms with E-state index in [1.165, 1.54) is 5.56 Å². The van der Waals surface area contributed by atoms with Crippen LogP contribution in [0.4, 0.5) is 0 Å². The van der Waals surface area contributed by atoms with E-state index in [-0.39, 0.29) is 5.91 Å². The molecule has 5 heteroatoms. The van der Waals surface area contributed by atoms with Gasteiger partial charge in [0.05, 0.1) is 27.8 Å². The lowest BCUT2D eigenvalue weighted by Crippen LogP contribution is -2.25. The lowest BCUT2D eigenvalue weighted by atomic mass is 10.0. The van der Waals surface area contributed by atoms with Crippen molar-refractivity contribution in [3.05, 3.63) is 52.6 Å². The van der Waals surface area contributed by atoms with Crippen LogP contribution in [0.3, 0.4) is 0 Å². The molecule has 0 aliphatic rings. The van der Waals surface area contributed by atoms with Crippen molar-refractivity contribution in [1.29, 1.82) is 0 Å². The molecule has 0 aliphatic heterocycles. The highest BCUT2D eigenvalue weighted by Crippen LogP contribution is 2.38. The Morgan fingerprint density at radius 1 is 0.960 bits per heavy atom. The van der Waals surface area contributed by atoms with Crippen molar-refractivity contribution in [3.8, 4) is 17.2 Å². The zero-order valence-electron chi connectivity index (χ0n) is 15.4. The summed E-state index contributed by atoms with van der Waals surface area (Å²) in [4.78, 5) is 12.3. The van der Waals surface area contributed by atoms with Crippen molar-refractivity contribution in [2.45, 2.75) is 26.8 Å². The summed E-state index contributed by atoms with van der Waals surface area (Å²) in [6.07, 6.45) is 0.358. The number of carbonyl (C=O) groups is 1. The normalized spacial score (nSPS) is 10.3. The minimum Gasteiger partial charge on any atom is -0.493 e. The highest BCUT2D eigenvalue weighted by atomic mass is 16.5. The number of methoxy groups -OCH3 is 3. The van der Waals surface area contributed by atoms with Crippen LogP contribution in [0.2, 0.25) is 0 Å². The fourth-order valence-corrected chi connectivity index (χ4v) is 2.72. The number of rotatable bonds is 7. The third-order valence-electron chi connectivity index (χ3n) is 4.06. The number of nitrogens with one attached hydrogen (secondary N) is 1. The molecule has 1 amide bonds. The first kappa shape index (κ1) is 18.6. The Balaban J connectivity index is 2.06. The maximum Gasteiger partial charge on any atom is 0.224 e.